The van der Waals surface area contributed by atoms with Gasteiger partial charge < -0.3 is 33.8 Å². The van der Waals surface area contributed by atoms with E-state index in [0.29, 0.717) is 0 Å². The fourth-order valence-corrected chi connectivity index (χ4v) is 3.48. The number of nitrogens with one attached hydrogen (secondary N) is 1. The van der Waals surface area contributed by atoms with Gasteiger partial charge in [-0.1, -0.05) is 0 Å². The molecule has 15 heteroatoms. The number of rotatable bonds is 13. The molecule has 0 aromatic rings. The van der Waals surface area contributed by atoms with Crippen LogP contribution in [0.4, 0.5) is 4.79 Å². The average Bonchev–Trinajstić information content (AvgIpc) is 2.51. The molecule has 0 spiro atoms. The normalized spacial score (nSPS) is 13.5. The number of amides is 1. The summed E-state index contributed by atoms with van der Waals surface area (Å²) in [5, 5.41) is 10.1. The van der Waals surface area contributed by atoms with Crippen molar-refractivity contribution in [3.63, 3.8) is 0 Å². The second-order valence-corrected chi connectivity index (χ2v) is 8.21. The van der Waals surface area contributed by atoms with Gasteiger partial charge in [-0.25, -0.2) is 9.59 Å². The third kappa shape index (κ3) is 12.0. The summed E-state index contributed by atoms with van der Waals surface area (Å²) in [6.45, 7) is 1.33. The van der Waals surface area contributed by atoms with Crippen molar-refractivity contribution >= 4 is 33.2 Å². The Bertz CT molecular complexity index is 570. The van der Waals surface area contributed by atoms with Gasteiger partial charge in [0.15, 0.2) is 6.61 Å². The van der Waals surface area contributed by atoms with Crippen LogP contribution < -0.4 is 5.32 Å². The number of hydrogen-bond donors (Lipinski definition) is 3. The third-order valence-electron chi connectivity index (χ3n) is 2.20. The van der Waals surface area contributed by atoms with Gasteiger partial charge in [0, 0.05) is 0 Å². The number of alkyl carbamates (subject to hydrolysis) is 1. The summed E-state index contributed by atoms with van der Waals surface area (Å²) in [7, 11) is -8.02. The van der Waals surface area contributed by atoms with Crippen LogP contribution in [-0.2, 0) is 41.8 Å². The highest BCUT2D eigenvalue weighted by Crippen LogP contribution is 2.47. The Morgan fingerprint density at radius 1 is 1.00 bits per heavy atom. The first-order valence-electron chi connectivity index (χ1n) is 7.16. The van der Waals surface area contributed by atoms with Crippen LogP contribution in [0.25, 0.3) is 0 Å². The molecule has 0 aromatic carbocycles. The minimum atomic E-state index is -4.37. The van der Waals surface area contributed by atoms with Crippen LogP contribution in [0.1, 0.15) is 13.8 Å². The molecule has 26 heavy (non-hydrogen) atoms. The monoisotopic (exact) mass is 421 g/mol. The van der Waals surface area contributed by atoms with Gasteiger partial charge in [-0.2, -0.15) is 0 Å². The van der Waals surface area contributed by atoms with Gasteiger partial charge in [0.05, 0.1) is 13.2 Å². The highest BCUT2D eigenvalue weighted by Gasteiger charge is 2.29. The molecule has 13 nitrogen and oxygen atoms in total. The zero-order valence-corrected chi connectivity index (χ0v) is 15.9. The van der Waals surface area contributed by atoms with Crippen LogP contribution in [0.15, 0.2) is 0 Å². The Labute approximate surface area is 149 Å². The first kappa shape index (κ1) is 24.5. The largest absolute Gasteiger partial charge is 0.480 e. The maximum atomic E-state index is 12.1. The van der Waals surface area contributed by atoms with Crippen molar-refractivity contribution in [3.8, 4) is 0 Å². The first-order valence-corrected chi connectivity index (χ1v) is 10.6. The molecule has 0 aromatic heterocycles. The highest BCUT2D eigenvalue weighted by atomic mass is 31.2. The molecule has 1 amide bonds. The Morgan fingerprint density at radius 2 is 1.58 bits per heavy atom. The van der Waals surface area contributed by atoms with Crippen molar-refractivity contribution in [3.05, 3.63) is 0 Å². The molecular weight excluding hydrogens is 400 g/mol. The zero-order chi connectivity index (χ0) is 20.2. The second-order valence-electron chi connectivity index (χ2n) is 4.31. The average molecular weight is 421 g/mol. The summed E-state index contributed by atoms with van der Waals surface area (Å²) < 4.78 is 46.3. The van der Waals surface area contributed by atoms with Crippen molar-refractivity contribution < 1.29 is 56.6 Å². The Balaban J connectivity index is 4.17. The van der Waals surface area contributed by atoms with E-state index in [9.17, 15) is 28.4 Å². The lowest BCUT2D eigenvalue weighted by molar-refractivity contribution is -0.149. The Kier molecular flexibility index (Phi) is 11.3. The third-order valence-corrected chi connectivity index (χ3v) is 5.24. The number of esters is 1. The number of hydrogen-bond acceptors (Lipinski definition) is 10. The van der Waals surface area contributed by atoms with Crippen LogP contribution in [0, 0.1) is 0 Å². The molecule has 0 aliphatic heterocycles. The van der Waals surface area contributed by atoms with E-state index in [2.05, 4.69) is 14.0 Å². The van der Waals surface area contributed by atoms with E-state index in [-0.39, 0.29) is 13.2 Å². The van der Waals surface area contributed by atoms with Gasteiger partial charge in [-0.05, 0) is 13.8 Å². The van der Waals surface area contributed by atoms with Gasteiger partial charge in [0.25, 0.3) is 0 Å². The first-order chi connectivity index (χ1) is 12.0. The number of aliphatic carboxylic acids is 1. The van der Waals surface area contributed by atoms with Crippen molar-refractivity contribution in [1.82, 2.24) is 5.32 Å². The number of carbonyl (C=O) groups is 3. The Morgan fingerprint density at radius 3 is 2.08 bits per heavy atom. The maximum absolute atomic E-state index is 12.1. The fraction of sp³-hybridized carbons (Fsp3) is 0.727. The van der Waals surface area contributed by atoms with Crippen molar-refractivity contribution in [2.45, 2.75) is 13.8 Å². The topological polar surface area (TPSA) is 184 Å². The summed E-state index contributed by atoms with van der Waals surface area (Å²) in [6.07, 6.45) is -2.84. The molecule has 0 bridgehead atoms. The SMILES string of the molecule is CCOP(=O)(CC(=O)OCOC(=O)NCP(=O)(O)OCC(=O)O)OCC. The van der Waals surface area contributed by atoms with Gasteiger partial charge in [-0.15, -0.1) is 0 Å². The summed E-state index contributed by atoms with van der Waals surface area (Å²) in [4.78, 5) is 42.2. The maximum Gasteiger partial charge on any atom is 0.410 e. The van der Waals surface area contributed by atoms with E-state index in [0.717, 1.165) is 0 Å². The molecule has 1 atom stereocenters. The van der Waals surface area contributed by atoms with Crippen LogP contribution >= 0.6 is 15.2 Å². The minimum absolute atomic E-state index is 0.0502. The van der Waals surface area contributed by atoms with Gasteiger partial charge in [0.1, 0.15) is 12.4 Å². The van der Waals surface area contributed by atoms with Crippen LogP contribution in [0.5, 0.6) is 0 Å². The number of carbonyl (C=O) groups excluding carboxylic acids is 2. The van der Waals surface area contributed by atoms with Crippen LogP contribution in [-0.4, -0.2) is 67.1 Å². The summed E-state index contributed by atoms with van der Waals surface area (Å²) in [5.41, 5.74) is 0. The minimum Gasteiger partial charge on any atom is -0.480 e. The molecular formula is C11H21NO12P2. The molecule has 0 aliphatic carbocycles. The van der Waals surface area contributed by atoms with E-state index >= 15 is 0 Å². The molecule has 3 N–H and O–H groups in total. The van der Waals surface area contributed by atoms with E-state index in [1.54, 1.807) is 13.8 Å². The molecule has 1 unspecified atom stereocenters. The molecule has 0 saturated heterocycles. The van der Waals surface area contributed by atoms with Crippen molar-refractivity contribution in [2.75, 3.05) is 39.1 Å². The Hall–Kier alpha value is -1.49. The second kappa shape index (κ2) is 12.0. The predicted octanol–water partition coefficient (Wildman–Crippen LogP) is 0.723. The lowest BCUT2D eigenvalue weighted by Crippen LogP contribution is -2.28. The standard InChI is InChI=1S/C11H21NO12P2/c1-3-22-26(19,23-4-2)6-10(15)20-8-21-11(16)12-7-25(17,18)24-5-9(13)14/h3-8H2,1-2H3,(H,12,16)(H,13,14)(H,17,18). The molecule has 0 aliphatic rings. The highest BCUT2D eigenvalue weighted by molar-refractivity contribution is 7.54. The van der Waals surface area contributed by atoms with Gasteiger partial charge in [0.2, 0.25) is 6.79 Å². The quantitative estimate of drug-likeness (QED) is 0.215. The van der Waals surface area contributed by atoms with Crippen LogP contribution in [0.3, 0.4) is 0 Å². The lowest BCUT2D eigenvalue weighted by Gasteiger charge is -2.16. The van der Waals surface area contributed by atoms with Gasteiger partial charge in [-0.3, -0.25) is 18.4 Å². The molecule has 0 saturated carbocycles. The predicted molar refractivity (Wildman–Crippen MR) is 84.6 cm³/mol. The van der Waals surface area contributed by atoms with E-state index < -0.39 is 59.1 Å². The smallest absolute Gasteiger partial charge is 0.410 e. The van der Waals surface area contributed by atoms with E-state index in [1.807, 2.05) is 5.32 Å². The van der Waals surface area contributed by atoms with E-state index in [4.69, 9.17) is 14.2 Å². The molecule has 0 rings (SSSR count). The van der Waals surface area contributed by atoms with Crippen molar-refractivity contribution in [1.29, 1.82) is 0 Å². The summed E-state index contributed by atoms with van der Waals surface area (Å²) >= 11 is 0. The molecule has 0 radical (unpaired) electrons. The number of carboxylic acid groups (broad SMARTS) is 1. The molecule has 0 fully saturated rings. The van der Waals surface area contributed by atoms with Gasteiger partial charge >= 0.3 is 33.2 Å². The molecule has 0 heterocycles. The van der Waals surface area contributed by atoms with E-state index in [1.165, 1.54) is 0 Å². The summed E-state index contributed by atoms with van der Waals surface area (Å²) in [6, 6.07) is 0. The number of carboxylic acids is 1. The van der Waals surface area contributed by atoms with Crippen molar-refractivity contribution in [2.24, 2.45) is 0 Å². The number of ether oxygens (including phenoxy) is 2. The summed E-state index contributed by atoms with van der Waals surface area (Å²) in [5.74, 6) is -2.48. The fourth-order valence-electron chi connectivity index (χ4n) is 1.29. The van der Waals surface area contributed by atoms with Crippen LogP contribution in [0.2, 0.25) is 0 Å². The molecule has 152 valence electrons. The lowest BCUT2D eigenvalue weighted by atomic mass is 10.8. The zero-order valence-electron chi connectivity index (χ0n) is 14.1.